The Balaban J connectivity index is 1.65. The van der Waals surface area contributed by atoms with E-state index >= 15 is 0 Å². The summed E-state index contributed by atoms with van der Waals surface area (Å²) in [4.78, 5) is 11.6. The van der Waals surface area contributed by atoms with E-state index in [9.17, 15) is 4.79 Å². The summed E-state index contributed by atoms with van der Waals surface area (Å²) in [6, 6.07) is 0. The first-order chi connectivity index (χ1) is 11.2. The molecule has 0 unspecified atom stereocenters. The average Bonchev–Trinajstić information content (AvgIpc) is 2.82. The van der Waals surface area contributed by atoms with Crippen molar-refractivity contribution >= 4 is 5.97 Å². The second kappa shape index (κ2) is 6.63. The lowest BCUT2D eigenvalue weighted by Gasteiger charge is -2.52. The SMILES string of the molecule is COC(=O)C[C@@H]1CC[C@@H]2[C@H](CC[C@]3(C)[C@@H](OC(C)(C)C)CC[C@@H]23)C1. The lowest BCUT2D eigenvalue weighted by molar-refractivity contribution is -0.143. The van der Waals surface area contributed by atoms with Crippen molar-refractivity contribution in [3.8, 4) is 0 Å². The highest BCUT2D eigenvalue weighted by atomic mass is 16.5. The summed E-state index contributed by atoms with van der Waals surface area (Å²) in [6.45, 7) is 9.06. The van der Waals surface area contributed by atoms with Gasteiger partial charge in [0.25, 0.3) is 0 Å². The Labute approximate surface area is 147 Å². The minimum Gasteiger partial charge on any atom is -0.469 e. The highest BCUT2D eigenvalue weighted by Crippen LogP contribution is 2.61. The molecular weight excluding hydrogens is 300 g/mol. The summed E-state index contributed by atoms with van der Waals surface area (Å²) >= 11 is 0. The van der Waals surface area contributed by atoms with Gasteiger partial charge in [-0.3, -0.25) is 4.79 Å². The molecule has 3 rings (SSSR count). The van der Waals surface area contributed by atoms with Gasteiger partial charge in [-0.1, -0.05) is 6.92 Å². The molecule has 0 radical (unpaired) electrons. The van der Waals surface area contributed by atoms with Crippen molar-refractivity contribution in [1.82, 2.24) is 0 Å². The summed E-state index contributed by atoms with van der Waals surface area (Å²) in [6.07, 6.45) is 9.96. The Hall–Kier alpha value is -0.570. The van der Waals surface area contributed by atoms with Crippen molar-refractivity contribution < 1.29 is 14.3 Å². The van der Waals surface area contributed by atoms with Gasteiger partial charge in [-0.15, -0.1) is 0 Å². The molecule has 0 saturated heterocycles. The van der Waals surface area contributed by atoms with Crippen LogP contribution in [0, 0.1) is 29.1 Å². The van der Waals surface area contributed by atoms with Gasteiger partial charge in [-0.05, 0) is 94.8 Å². The van der Waals surface area contributed by atoms with Crippen molar-refractivity contribution in [2.45, 2.75) is 90.8 Å². The Morgan fingerprint density at radius 2 is 1.88 bits per heavy atom. The van der Waals surface area contributed by atoms with E-state index in [1.807, 2.05) is 0 Å². The molecule has 3 aliphatic carbocycles. The van der Waals surface area contributed by atoms with Crippen molar-refractivity contribution in [2.75, 3.05) is 7.11 Å². The van der Waals surface area contributed by atoms with E-state index in [2.05, 4.69) is 27.7 Å². The minimum absolute atomic E-state index is 0.0291. The molecule has 0 heterocycles. The van der Waals surface area contributed by atoms with Crippen LogP contribution in [0.15, 0.2) is 0 Å². The Morgan fingerprint density at radius 1 is 1.12 bits per heavy atom. The average molecular weight is 337 g/mol. The van der Waals surface area contributed by atoms with Crippen LogP contribution < -0.4 is 0 Å². The van der Waals surface area contributed by atoms with Crippen LogP contribution in [-0.4, -0.2) is 24.8 Å². The molecule has 0 aromatic rings. The van der Waals surface area contributed by atoms with Crippen molar-refractivity contribution in [3.05, 3.63) is 0 Å². The van der Waals surface area contributed by atoms with E-state index in [1.165, 1.54) is 52.1 Å². The van der Waals surface area contributed by atoms with Crippen LogP contribution in [0.1, 0.15) is 79.1 Å². The quantitative estimate of drug-likeness (QED) is 0.682. The smallest absolute Gasteiger partial charge is 0.305 e. The number of methoxy groups -OCH3 is 1. The lowest BCUT2D eigenvalue weighted by Crippen LogP contribution is -2.47. The fraction of sp³-hybridized carbons (Fsp3) is 0.952. The molecule has 0 spiro atoms. The third kappa shape index (κ3) is 3.52. The molecule has 0 bridgehead atoms. The molecule has 3 saturated carbocycles. The first-order valence-electron chi connectivity index (χ1n) is 9.97. The Bertz CT molecular complexity index is 466. The minimum atomic E-state index is -0.0441. The zero-order valence-electron chi connectivity index (χ0n) is 16.3. The van der Waals surface area contributed by atoms with E-state index in [4.69, 9.17) is 9.47 Å². The number of rotatable bonds is 3. The maximum absolute atomic E-state index is 11.6. The third-order valence-corrected chi connectivity index (χ3v) is 7.22. The maximum Gasteiger partial charge on any atom is 0.305 e. The van der Waals surface area contributed by atoms with E-state index < -0.39 is 0 Å². The number of hydrogen-bond acceptors (Lipinski definition) is 3. The summed E-state index contributed by atoms with van der Waals surface area (Å²) in [5.74, 6) is 3.01. The zero-order chi connectivity index (χ0) is 17.5. The molecule has 0 aliphatic heterocycles. The van der Waals surface area contributed by atoms with Gasteiger partial charge in [0.05, 0.1) is 18.8 Å². The first-order valence-corrected chi connectivity index (χ1v) is 9.97. The molecule has 138 valence electrons. The summed E-state index contributed by atoms with van der Waals surface area (Å²) in [5, 5.41) is 0. The summed E-state index contributed by atoms with van der Waals surface area (Å²) in [7, 11) is 1.51. The fourth-order valence-corrected chi connectivity index (χ4v) is 6.15. The van der Waals surface area contributed by atoms with Crippen LogP contribution in [0.5, 0.6) is 0 Å². The molecule has 6 atom stereocenters. The monoisotopic (exact) mass is 336 g/mol. The summed E-state index contributed by atoms with van der Waals surface area (Å²) in [5.41, 5.74) is 0.321. The van der Waals surface area contributed by atoms with Gasteiger partial charge in [0.2, 0.25) is 0 Å². The predicted molar refractivity (Wildman–Crippen MR) is 95.6 cm³/mol. The van der Waals surface area contributed by atoms with Gasteiger partial charge in [-0.25, -0.2) is 0 Å². The molecule has 0 aromatic heterocycles. The van der Waals surface area contributed by atoms with E-state index in [0.29, 0.717) is 23.9 Å². The number of ether oxygens (including phenoxy) is 2. The van der Waals surface area contributed by atoms with Crippen LogP contribution in [0.2, 0.25) is 0 Å². The molecule has 24 heavy (non-hydrogen) atoms. The maximum atomic E-state index is 11.6. The first kappa shape index (κ1) is 18.2. The van der Waals surface area contributed by atoms with Crippen LogP contribution in [-0.2, 0) is 14.3 Å². The van der Waals surface area contributed by atoms with E-state index in [-0.39, 0.29) is 11.6 Å². The fourth-order valence-electron chi connectivity index (χ4n) is 6.15. The number of hydrogen-bond donors (Lipinski definition) is 0. The predicted octanol–water partition coefficient (Wildman–Crippen LogP) is 4.98. The molecule has 0 N–H and O–H groups in total. The topological polar surface area (TPSA) is 35.5 Å². The van der Waals surface area contributed by atoms with Gasteiger partial charge in [0.1, 0.15) is 0 Å². The van der Waals surface area contributed by atoms with Gasteiger partial charge in [-0.2, -0.15) is 0 Å². The highest BCUT2D eigenvalue weighted by molar-refractivity contribution is 5.69. The summed E-state index contributed by atoms with van der Waals surface area (Å²) < 4.78 is 11.4. The van der Waals surface area contributed by atoms with Gasteiger partial charge >= 0.3 is 5.97 Å². The lowest BCUT2D eigenvalue weighted by atomic mass is 9.55. The highest BCUT2D eigenvalue weighted by Gasteiger charge is 2.55. The molecule has 3 heteroatoms. The van der Waals surface area contributed by atoms with Gasteiger partial charge < -0.3 is 9.47 Å². The van der Waals surface area contributed by atoms with Gasteiger partial charge in [0, 0.05) is 6.42 Å². The molecule has 3 fully saturated rings. The largest absolute Gasteiger partial charge is 0.469 e. The molecule has 0 aromatic carbocycles. The number of esters is 1. The number of carbonyl (C=O) groups excluding carboxylic acids is 1. The normalized spacial score (nSPS) is 42.3. The van der Waals surface area contributed by atoms with Crippen molar-refractivity contribution in [2.24, 2.45) is 29.1 Å². The zero-order valence-corrected chi connectivity index (χ0v) is 16.3. The van der Waals surface area contributed by atoms with Crippen LogP contribution in [0.3, 0.4) is 0 Å². The van der Waals surface area contributed by atoms with Crippen LogP contribution >= 0.6 is 0 Å². The van der Waals surface area contributed by atoms with Crippen LogP contribution in [0.4, 0.5) is 0 Å². The van der Waals surface area contributed by atoms with E-state index in [1.54, 1.807) is 0 Å². The second-order valence-electron chi connectivity index (χ2n) is 9.83. The second-order valence-corrected chi connectivity index (χ2v) is 9.83. The molecule has 0 amide bonds. The third-order valence-electron chi connectivity index (χ3n) is 7.22. The molecular formula is C21H36O3. The molecule has 3 nitrogen and oxygen atoms in total. The Morgan fingerprint density at radius 3 is 2.54 bits per heavy atom. The standard InChI is InChI=1S/C21H36O3/c1-20(2,3)24-18-9-8-17-16-7-6-14(13-19(22)23-5)12-15(16)10-11-21(17,18)4/h14-18H,6-13H2,1-5H3/t14-,15-,16-,17+,18+,21+/m1/s1. The number of fused-ring (bicyclic) bond motifs is 3. The number of carbonyl (C=O) groups is 1. The Kier molecular flexibility index (Phi) is 5.03. The molecule has 3 aliphatic rings. The van der Waals surface area contributed by atoms with Crippen LogP contribution in [0.25, 0.3) is 0 Å². The van der Waals surface area contributed by atoms with Crippen molar-refractivity contribution in [1.29, 1.82) is 0 Å². The van der Waals surface area contributed by atoms with Crippen molar-refractivity contribution in [3.63, 3.8) is 0 Å². The van der Waals surface area contributed by atoms with Gasteiger partial charge in [0.15, 0.2) is 0 Å². The van der Waals surface area contributed by atoms with E-state index in [0.717, 1.165) is 17.8 Å².